The minimum absolute atomic E-state index is 0.242. The molecular weight excluding hydrogens is 342 g/mol. The number of nitrogens with zero attached hydrogens (tertiary/aromatic N) is 2. The van der Waals surface area contributed by atoms with Crippen molar-refractivity contribution < 1.29 is 31.7 Å². The maximum Gasteiger partial charge on any atom is 0.360 e. The van der Waals surface area contributed by atoms with Gasteiger partial charge in [0.1, 0.15) is 5.00 Å². The molecule has 2 rings (SSSR count). The van der Waals surface area contributed by atoms with Crippen LogP contribution in [0.1, 0.15) is 16.1 Å². The van der Waals surface area contributed by atoms with E-state index in [9.17, 15) is 26.5 Å². The van der Waals surface area contributed by atoms with Crippen molar-refractivity contribution in [1.82, 2.24) is 4.98 Å². The summed E-state index contributed by atoms with van der Waals surface area (Å²) in [5.74, 6) is -4.02. The zero-order valence-electron chi connectivity index (χ0n) is 10.6. The number of aromatic nitrogens is 1. The average Bonchev–Trinajstić information content (AvgIpc) is 2.88. The van der Waals surface area contributed by atoms with Crippen LogP contribution < -0.4 is 4.31 Å². The van der Waals surface area contributed by atoms with E-state index in [1.165, 1.54) is 0 Å². The van der Waals surface area contributed by atoms with Gasteiger partial charge in [0.05, 0.1) is 12.1 Å². The normalized spacial score (nSPS) is 11.4. The summed E-state index contributed by atoms with van der Waals surface area (Å²) in [7, 11) is -4.92. The fraction of sp³-hybridized carbons (Fsp3) is 0.0909. The van der Waals surface area contributed by atoms with Crippen molar-refractivity contribution in [3.8, 4) is 0 Å². The highest BCUT2D eigenvalue weighted by Gasteiger charge is 2.28. The van der Waals surface area contributed by atoms with Crippen molar-refractivity contribution in [1.29, 1.82) is 0 Å². The lowest BCUT2D eigenvalue weighted by Gasteiger charge is -2.19. The Bertz CT molecular complexity index is 822. The van der Waals surface area contributed by atoms with Gasteiger partial charge in [0.15, 0.2) is 17.3 Å². The molecule has 11 heteroatoms. The molecule has 7 nitrogen and oxygen atoms in total. The number of halogens is 2. The van der Waals surface area contributed by atoms with E-state index in [4.69, 9.17) is 5.11 Å². The Balaban J connectivity index is 2.51. The minimum atomic E-state index is -4.92. The number of rotatable bonds is 5. The lowest BCUT2D eigenvalue weighted by atomic mass is 10.2. The molecule has 0 spiro atoms. The molecule has 0 amide bonds. The van der Waals surface area contributed by atoms with Gasteiger partial charge in [0.2, 0.25) is 0 Å². The lowest BCUT2D eigenvalue weighted by Crippen LogP contribution is -2.30. The van der Waals surface area contributed by atoms with Crippen LogP contribution in [0.3, 0.4) is 0 Å². The average molecular weight is 350 g/mol. The number of carbonyl (C=O) groups is 1. The van der Waals surface area contributed by atoms with Crippen LogP contribution in [0.15, 0.2) is 23.7 Å². The first kappa shape index (κ1) is 16.3. The van der Waals surface area contributed by atoms with E-state index in [-0.39, 0.29) is 9.87 Å². The zero-order chi connectivity index (χ0) is 16.5. The number of hydrogen-bond acceptors (Lipinski definition) is 5. The van der Waals surface area contributed by atoms with Crippen LogP contribution in [0.2, 0.25) is 0 Å². The van der Waals surface area contributed by atoms with Crippen LogP contribution in [0.4, 0.5) is 13.8 Å². The summed E-state index contributed by atoms with van der Waals surface area (Å²) in [5.41, 5.74) is 0.0561. The SMILES string of the molecule is O=C(O)c1ncsc1N(Cc1cccc(F)c1F)S(=O)(=O)O. The van der Waals surface area contributed by atoms with Gasteiger partial charge >= 0.3 is 16.3 Å². The van der Waals surface area contributed by atoms with Gasteiger partial charge in [-0.05, 0) is 6.07 Å². The number of carboxylic acid groups (broad SMARTS) is 1. The number of anilines is 1. The molecule has 0 atom stereocenters. The molecule has 2 aromatic rings. The van der Waals surface area contributed by atoms with Gasteiger partial charge in [0.25, 0.3) is 0 Å². The summed E-state index contributed by atoms with van der Waals surface area (Å²) >= 11 is 0.621. The lowest BCUT2D eigenvalue weighted by molar-refractivity contribution is 0.0692. The van der Waals surface area contributed by atoms with Crippen molar-refractivity contribution in [2.75, 3.05) is 4.31 Å². The second-order valence-corrected chi connectivity index (χ2v) is 6.18. The molecule has 0 saturated carbocycles. The third-order valence-electron chi connectivity index (χ3n) is 2.60. The highest BCUT2D eigenvalue weighted by atomic mass is 32.2. The first-order valence-electron chi connectivity index (χ1n) is 5.56. The summed E-state index contributed by atoms with van der Waals surface area (Å²) in [6.07, 6.45) is 0. The number of aromatic carboxylic acids is 1. The first-order chi connectivity index (χ1) is 10.2. The third-order valence-corrected chi connectivity index (χ3v) is 4.43. The number of hydrogen-bond donors (Lipinski definition) is 2. The standard InChI is InChI=1S/C11H8F2N2O5S2/c12-7-3-1-2-6(8(7)13)4-15(22(18,19)20)10-9(11(16)17)14-5-21-10/h1-3,5H,4H2,(H,16,17)(H,18,19,20). The van der Waals surface area contributed by atoms with Gasteiger partial charge in [-0.3, -0.25) is 4.55 Å². The molecule has 1 aromatic heterocycles. The van der Waals surface area contributed by atoms with Crippen LogP contribution in [-0.4, -0.2) is 29.0 Å². The molecule has 0 saturated heterocycles. The smallest absolute Gasteiger partial charge is 0.360 e. The van der Waals surface area contributed by atoms with E-state index in [1.54, 1.807) is 0 Å². The third kappa shape index (κ3) is 3.21. The van der Waals surface area contributed by atoms with Crippen molar-refractivity contribution in [2.45, 2.75) is 6.54 Å². The zero-order valence-corrected chi connectivity index (χ0v) is 12.2. The Hall–Kier alpha value is -2.11. The molecule has 0 fully saturated rings. The van der Waals surface area contributed by atoms with E-state index >= 15 is 0 Å². The molecule has 0 aliphatic heterocycles. The van der Waals surface area contributed by atoms with Gasteiger partial charge < -0.3 is 5.11 Å². The van der Waals surface area contributed by atoms with Crippen LogP contribution in [0.5, 0.6) is 0 Å². The van der Waals surface area contributed by atoms with Crippen LogP contribution in [0.25, 0.3) is 0 Å². The summed E-state index contributed by atoms with van der Waals surface area (Å²) in [5, 5.41) is 8.52. The molecule has 118 valence electrons. The summed E-state index contributed by atoms with van der Waals surface area (Å²) in [6, 6.07) is 3.10. The summed E-state index contributed by atoms with van der Waals surface area (Å²) in [4.78, 5) is 14.5. The van der Waals surface area contributed by atoms with E-state index < -0.39 is 45.1 Å². The number of benzene rings is 1. The molecule has 0 unspecified atom stereocenters. The van der Waals surface area contributed by atoms with E-state index in [2.05, 4.69) is 4.98 Å². The maximum absolute atomic E-state index is 13.6. The minimum Gasteiger partial charge on any atom is -0.476 e. The molecule has 0 aliphatic carbocycles. The predicted octanol–water partition coefficient (Wildman–Crippen LogP) is 1.93. The summed E-state index contributed by atoms with van der Waals surface area (Å²) in [6.45, 7) is -0.787. The second kappa shape index (κ2) is 5.94. The van der Waals surface area contributed by atoms with E-state index in [1.807, 2.05) is 0 Å². The fourth-order valence-electron chi connectivity index (χ4n) is 1.65. The van der Waals surface area contributed by atoms with Crippen LogP contribution in [-0.2, 0) is 16.8 Å². The Morgan fingerprint density at radius 1 is 1.36 bits per heavy atom. The molecule has 1 heterocycles. The number of thiazole rings is 1. The monoisotopic (exact) mass is 350 g/mol. The van der Waals surface area contributed by atoms with Gasteiger partial charge in [-0.1, -0.05) is 12.1 Å². The quantitative estimate of drug-likeness (QED) is 0.798. The Morgan fingerprint density at radius 3 is 2.64 bits per heavy atom. The van der Waals surface area contributed by atoms with Crippen LogP contribution >= 0.6 is 11.3 Å². The molecular formula is C11H8F2N2O5S2. The largest absolute Gasteiger partial charge is 0.476 e. The van der Waals surface area contributed by atoms with E-state index in [0.29, 0.717) is 11.3 Å². The molecule has 1 aromatic carbocycles. The first-order valence-corrected chi connectivity index (χ1v) is 7.84. The second-order valence-electron chi connectivity index (χ2n) is 4.01. The van der Waals surface area contributed by atoms with E-state index in [0.717, 1.165) is 23.7 Å². The van der Waals surface area contributed by atoms with Gasteiger partial charge in [-0.2, -0.15) is 8.42 Å². The predicted molar refractivity (Wildman–Crippen MR) is 73.2 cm³/mol. The Labute approximate surface area is 127 Å². The fourth-order valence-corrected chi connectivity index (χ4v) is 3.35. The van der Waals surface area contributed by atoms with Crippen molar-refractivity contribution >= 4 is 32.6 Å². The Morgan fingerprint density at radius 2 is 2.05 bits per heavy atom. The van der Waals surface area contributed by atoms with Crippen LogP contribution in [0, 0.1) is 11.6 Å². The van der Waals surface area contributed by atoms with Crippen molar-refractivity contribution in [3.05, 3.63) is 46.6 Å². The van der Waals surface area contributed by atoms with Gasteiger partial charge in [-0.25, -0.2) is 22.9 Å². The molecule has 22 heavy (non-hydrogen) atoms. The van der Waals surface area contributed by atoms with Gasteiger partial charge in [0, 0.05) is 5.56 Å². The number of carboxylic acids is 1. The molecule has 0 aliphatic rings. The van der Waals surface area contributed by atoms with Gasteiger partial charge in [-0.15, -0.1) is 11.3 Å². The highest BCUT2D eigenvalue weighted by Crippen LogP contribution is 2.29. The molecule has 0 bridgehead atoms. The topological polar surface area (TPSA) is 108 Å². The molecule has 0 radical (unpaired) electrons. The highest BCUT2D eigenvalue weighted by molar-refractivity contribution is 7.87. The van der Waals surface area contributed by atoms with Crippen molar-refractivity contribution in [2.24, 2.45) is 0 Å². The Kier molecular flexibility index (Phi) is 4.39. The maximum atomic E-state index is 13.6. The van der Waals surface area contributed by atoms with Crippen molar-refractivity contribution in [3.63, 3.8) is 0 Å². The molecule has 2 N–H and O–H groups in total. The summed E-state index contributed by atoms with van der Waals surface area (Å²) < 4.78 is 59.2.